The quantitative estimate of drug-likeness (QED) is 0.587. The number of phenolic OH excluding ortho intramolecular Hbond substituents is 1. The fourth-order valence-corrected chi connectivity index (χ4v) is 1.34. The average molecular weight is 241 g/mol. The number of carbonyl (C=O) groups is 1. The minimum atomic E-state index is -0.527. The van der Waals surface area contributed by atoms with Crippen LogP contribution in [0.15, 0.2) is 12.1 Å². The molecule has 0 bridgehead atoms. The van der Waals surface area contributed by atoms with Crippen LogP contribution in [0.2, 0.25) is 0 Å². The van der Waals surface area contributed by atoms with Crippen molar-refractivity contribution in [3.63, 3.8) is 0 Å². The van der Waals surface area contributed by atoms with E-state index in [1.807, 2.05) is 0 Å². The summed E-state index contributed by atoms with van der Waals surface area (Å²) in [5.74, 6) is -0.255. The van der Waals surface area contributed by atoms with Crippen molar-refractivity contribution < 1.29 is 24.2 Å². The molecule has 0 aliphatic heterocycles. The van der Waals surface area contributed by atoms with Crippen LogP contribution in [-0.2, 0) is 16.1 Å². The summed E-state index contributed by atoms with van der Waals surface area (Å²) < 4.78 is 9.62. The molecule has 6 heteroatoms. The number of phenols is 1. The third-order valence-electron chi connectivity index (χ3n) is 2.21. The first-order valence-electron chi connectivity index (χ1n) is 4.88. The zero-order chi connectivity index (χ0) is 12.8. The lowest BCUT2D eigenvalue weighted by Crippen LogP contribution is -2.12. The number of ether oxygens (including phenoxy) is 2. The molecule has 0 unspecified atom stereocenters. The molecule has 0 aliphatic carbocycles. The van der Waals surface area contributed by atoms with Gasteiger partial charge >= 0.3 is 5.97 Å². The molecule has 0 spiro atoms. The van der Waals surface area contributed by atoms with Gasteiger partial charge in [0.15, 0.2) is 0 Å². The van der Waals surface area contributed by atoms with Gasteiger partial charge in [-0.1, -0.05) is 0 Å². The molecule has 0 saturated carbocycles. The highest BCUT2D eigenvalue weighted by atomic mass is 16.6. The first-order chi connectivity index (χ1) is 8.13. The summed E-state index contributed by atoms with van der Waals surface area (Å²) in [5, 5.41) is 9.70. The van der Waals surface area contributed by atoms with Crippen LogP contribution in [0.3, 0.4) is 0 Å². The lowest BCUT2D eigenvalue weighted by atomic mass is 10.1. The molecule has 0 heterocycles. The maximum atomic E-state index is 11.5. The fourth-order valence-electron chi connectivity index (χ4n) is 1.34. The van der Waals surface area contributed by atoms with Crippen LogP contribution in [0, 0.1) is 0 Å². The minimum absolute atomic E-state index is 0.0130. The van der Waals surface area contributed by atoms with Crippen LogP contribution in [-0.4, -0.2) is 32.4 Å². The van der Waals surface area contributed by atoms with Crippen molar-refractivity contribution in [3.05, 3.63) is 23.3 Å². The van der Waals surface area contributed by atoms with E-state index in [0.29, 0.717) is 5.56 Å². The largest absolute Gasteiger partial charge is 0.507 e. The van der Waals surface area contributed by atoms with Gasteiger partial charge in [-0.05, 0) is 6.07 Å². The lowest BCUT2D eigenvalue weighted by molar-refractivity contribution is 0.0596. The summed E-state index contributed by atoms with van der Waals surface area (Å²) in [4.78, 5) is 16.2. The molecule has 6 nitrogen and oxygen atoms in total. The van der Waals surface area contributed by atoms with Crippen molar-refractivity contribution in [1.29, 1.82) is 0 Å². The molecule has 0 saturated heterocycles. The topological polar surface area (TPSA) is 77.0 Å². The Labute approximate surface area is 99.1 Å². The number of hydroxylamine groups is 1. The van der Waals surface area contributed by atoms with E-state index in [1.54, 1.807) is 0 Å². The van der Waals surface area contributed by atoms with Crippen molar-refractivity contribution >= 4 is 5.97 Å². The third kappa shape index (κ3) is 3.08. The van der Waals surface area contributed by atoms with Gasteiger partial charge in [0.25, 0.3) is 0 Å². The monoisotopic (exact) mass is 241 g/mol. The van der Waals surface area contributed by atoms with Gasteiger partial charge in [0.2, 0.25) is 0 Å². The summed E-state index contributed by atoms with van der Waals surface area (Å²) in [5.41, 5.74) is 3.33. The molecule has 0 amide bonds. The summed E-state index contributed by atoms with van der Waals surface area (Å²) in [6.07, 6.45) is 0. The van der Waals surface area contributed by atoms with Crippen LogP contribution in [0.1, 0.15) is 15.9 Å². The Bertz CT molecular complexity index is 405. The van der Waals surface area contributed by atoms with E-state index in [9.17, 15) is 9.90 Å². The van der Waals surface area contributed by atoms with E-state index in [-0.39, 0.29) is 23.6 Å². The van der Waals surface area contributed by atoms with Crippen molar-refractivity contribution in [2.24, 2.45) is 0 Å². The van der Waals surface area contributed by atoms with E-state index < -0.39 is 5.97 Å². The Balaban J connectivity index is 3.13. The molecule has 94 valence electrons. The van der Waals surface area contributed by atoms with Gasteiger partial charge in [-0.3, -0.25) is 0 Å². The van der Waals surface area contributed by atoms with Crippen LogP contribution in [0.25, 0.3) is 0 Å². The standard InChI is InChI=1S/C11H15NO5/c1-15-10-5-9(13)7(6-12-17-3)4-8(10)11(14)16-2/h4-5,12-13H,6H2,1-3H3. The highest BCUT2D eigenvalue weighted by Crippen LogP contribution is 2.28. The van der Waals surface area contributed by atoms with E-state index in [0.717, 1.165) is 0 Å². The average Bonchev–Trinajstić information content (AvgIpc) is 2.35. The summed E-state index contributed by atoms with van der Waals surface area (Å²) in [7, 11) is 4.15. The molecule has 2 N–H and O–H groups in total. The summed E-state index contributed by atoms with van der Waals surface area (Å²) in [6, 6.07) is 2.85. The number of rotatable bonds is 5. The Morgan fingerprint density at radius 2 is 2.06 bits per heavy atom. The SMILES string of the molecule is CONCc1cc(C(=O)OC)c(OC)cc1O. The van der Waals surface area contributed by atoms with Crippen LogP contribution in [0.5, 0.6) is 11.5 Å². The van der Waals surface area contributed by atoms with Gasteiger partial charge in [0.05, 0.1) is 21.3 Å². The second-order valence-electron chi connectivity index (χ2n) is 3.20. The van der Waals surface area contributed by atoms with Crippen molar-refractivity contribution in [2.45, 2.75) is 6.54 Å². The molecule has 0 atom stereocenters. The molecule has 17 heavy (non-hydrogen) atoms. The van der Waals surface area contributed by atoms with Gasteiger partial charge < -0.3 is 19.4 Å². The lowest BCUT2D eigenvalue weighted by Gasteiger charge is -2.11. The Morgan fingerprint density at radius 1 is 1.35 bits per heavy atom. The molecule has 1 rings (SSSR count). The number of esters is 1. The van der Waals surface area contributed by atoms with Gasteiger partial charge in [0.1, 0.15) is 17.1 Å². The van der Waals surface area contributed by atoms with E-state index in [4.69, 9.17) is 4.74 Å². The number of aromatic hydroxyl groups is 1. The first kappa shape index (κ1) is 13.3. The van der Waals surface area contributed by atoms with E-state index in [1.165, 1.54) is 33.5 Å². The van der Waals surface area contributed by atoms with Crippen molar-refractivity contribution in [3.8, 4) is 11.5 Å². The molecule has 0 aromatic heterocycles. The van der Waals surface area contributed by atoms with Crippen LogP contribution in [0.4, 0.5) is 0 Å². The zero-order valence-corrected chi connectivity index (χ0v) is 9.94. The Kier molecular flexibility index (Phi) is 4.74. The highest BCUT2D eigenvalue weighted by Gasteiger charge is 2.16. The summed E-state index contributed by atoms with van der Waals surface area (Å²) in [6.45, 7) is 0.260. The molecular weight excluding hydrogens is 226 g/mol. The second kappa shape index (κ2) is 6.07. The molecule has 0 fully saturated rings. The molecule has 1 aromatic carbocycles. The smallest absolute Gasteiger partial charge is 0.341 e. The van der Waals surface area contributed by atoms with Gasteiger partial charge in [-0.25, -0.2) is 4.79 Å². The van der Waals surface area contributed by atoms with Crippen molar-refractivity contribution in [2.75, 3.05) is 21.3 Å². The number of hydrogen-bond donors (Lipinski definition) is 2. The summed E-state index contributed by atoms with van der Waals surface area (Å²) >= 11 is 0. The minimum Gasteiger partial charge on any atom is -0.507 e. The van der Waals surface area contributed by atoms with Crippen LogP contribution >= 0.6 is 0 Å². The normalized spacial score (nSPS) is 10.1. The number of carbonyl (C=O) groups excluding carboxylic acids is 1. The van der Waals surface area contributed by atoms with Gasteiger partial charge in [-0.15, -0.1) is 0 Å². The predicted octanol–water partition coefficient (Wildman–Crippen LogP) is 0.838. The molecular formula is C11H15NO5. The van der Waals surface area contributed by atoms with Crippen molar-refractivity contribution in [1.82, 2.24) is 5.48 Å². The van der Waals surface area contributed by atoms with E-state index >= 15 is 0 Å². The molecule has 0 aliphatic rings. The molecule has 1 aromatic rings. The highest BCUT2D eigenvalue weighted by molar-refractivity contribution is 5.93. The van der Waals surface area contributed by atoms with Crippen LogP contribution < -0.4 is 10.2 Å². The third-order valence-corrected chi connectivity index (χ3v) is 2.21. The number of nitrogens with one attached hydrogen (secondary N) is 1. The number of benzene rings is 1. The first-order valence-corrected chi connectivity index (χ1v) is 4.88. The Hall–Kier alpha value is -1.79. The van der Waals surface area contributed by atoms with Gasteiger partial charge in [0, 0.05) is 18.2 Å². The second-order valence-corrected chi connectivity index (χ2v) is 3.20. The molecule has 0 radical (unpaired) electrons. The fraction of sp³-hybridized carbons (Fsp3) is 0.364. The zero-order valence-electron chi connectivity index (χ0n) is 9.94. The maximum absolute atomic E-state index is 11.5. The number of methoxy groups -OCH3 is 2. The van der Waals surface area contributed by atoms with Gasteiger partial charge in [-0.2, -0.15) is 5.48 Å². The van der Waals surface area contributed by atoms with E-state index in [2.05, 4.69) is 15.1 Å². The maximum Gasteiger partial charge on any atom is 0.341 e. The predicted molar refractivity (Wildman–Crippen MR) is 59.8 cm³/mol. The Morgan fingerprint density at radius 3 is 2.59 bits per heavy atom. The number of hydrogen-bond acceptors (Lipinski definition) is 6.